The average Bonchev–Trinajstić information content (AvgIpc) is 3.31. The minimum atomic E-state index is -5.44. The summed E-state index contributed by atoms with van der Waals surface area (Å²) in [5.41, 5.74) is -1.48. The fraction of sp³-hybridized carbons (Fsp3) is 0.0476. The number of benzene rings is 7. The van der Waals surface area contributed by atoms with Crippen LogP contribution in [-0.4, -0.2) is 48.0 Å². The molecule has 34 heteroatoms. The number of azo groups is 2. The summed E-state index contributed by atoms with van der Waals surface area (Å²) in [4.78, 5) is 24.8. The minimum Gasteiger partial charge on any atom is -0.744 e. The second kappa shape index (κ2) is 29.3. The zero-order valence-electron chi connectivity index (χ0n) is 39.6. The molecular formula is C42H24Cl4N6Na4O16S4. The Morgan fingerprint density at radius 2 is 1.05 bits per heavy atom. The van der Waals surface area contributed by atoms with Crippen LogP contribution in [0.4, 0.5) is 34.1 Å². The smallest absolute Gasteiger partial charge is 0.744 e. The molecule has 0 unspecified atom stereocenters. The summed E-state index contributed by atoms with van der Waals surface area (Å²) < 4.78 is 83.5. The van der Waals surface area contributed by atoms with E-state index < -0.39 is 70.4 Å². The fourth-order valence-electron chi connectivity index (χ4n) is 6.81. The van der Waals surface area contributed by atoms with Gasteiger partial charge in [0.2, 0.25) is 0 Å². The number of nitrogens with zero attached hydrogens (tertiary/aromatic N) is 4. The molecule has 0 saturated heterocycles. The van der Waals surface area contributed by atoms with E-state index in [1.807, 2.05) is 0 Å². The normalized spacial score (nSPS) is 11.5. The van der Waals surface area contributed by atoms with Crippen molar-refractivity contribution in [2.24, 2.45) is 20.5 Å². The van der Waals surface area contributed by atoms with Crippen LogP contribution in [0.25, 0.3) is 21.5 Å². The van der Waals surface area contributed by atoms with Crippen LogP contribution in [0.15, 0.2) is 125 Å². The number of rotatable bonds is 16. The first-order valence-electron chi connectivity index (χ1n) is 19.3. The molecule has 22 nitrogen and oxygen atoms in total. The van der Waals surface area contributed by atoms with Gasteiger partial charge < -0.3 is 40.5 Å². The monoisotopic (exact) mass is 1230 g/mol. The summed E-state index contributed by atoms with van der Waals surface area (Å²) in [6.45, 7) is 3.03. The number of carbonyl (C=O) groups excluding carboxylic acids is 2. The molecule has 0 saturated carbocycles. The van der Waals surface area contributed by atoms with Crippen molar-refractivity contribution >= 4 is 158 Å². The third-order valence-electron chi connectivity index (χ3n) is 10.0. The van der Waals surface area contributed by atoms with Crippen molar-refractivity contribution in [3.05, 3.63) is 127 Å². The van der Waals surface area contributed by atoms with Gasteiger partial charge in [-0.1, -0.05) is 58.5 Å². The number of halogens is 4. The maximum Gasteiger partial charge on any atom is 1.00 e. The number of anilines is 2. The number of hydrogen-bond acceptors (Lipinski definition) is 22. The summed E-state index contributed by atoms with van der Waals surface area (Å²) in [5, 5.41) is 72.1. The molecule has 0 heterocycles. The Morgan fingerprint density at radius 1 is 0.592 bits per heavy atom. The third kappa shape index (κ3) is 15.8. The van der Waals surface area contributed by atoms with E-state index in [1.54, 1.807) is 0 Å². The standard InChI is InChI=1S/C42H28Cl4N6O16S4.4Na/c1-17-10-28(50-52-38-32(72(62,63)64)14-19-11-21(69-67-65-57)15-29(33(19)40(38)54)47-41(55)23-5-3-7-25(43)35(23)45)18(2)9-27(17)49-51-37-31(70-68-66-58)13-20-12-22(71(59,60)61)16-30(34(20)39(37)53)48-42(56)24-6-4-8-26(44)36(24)46;;;;/h3-16,53-54,57-58H,1-2H3,(H,47,55)(H,48,56)(H,59,60,61)(H,62,63,64);;;;/q;4*+1/p-4. The van der Waals surface area contributed by atoms with Crippen LogP contribution in [0.3, 0.4) is 0 Å². The van der Waals surface area contributed by atoms with Crippen molar-refractivity contribution in [2.75, 3.05) is 10.6 Å². The van der Waals surface area contributed by atoms with Crippen molar-refractivity contribution in [3.8, 4) is 11.5 Å². The number of aryl methyl sites for hydroxylation is 2. The van der Waals surface area contributed by atoms with Gasteiger partial charge in [0.05, 0.1) is 92.7 Å². The van der Waals surface area contributed by atoms with Crippen LogP contribution in [0.5, 0.6) is 11.5 Å². The van der Waals surface area contributed by atoms with Gasteiger partial charge in [0, 0.05) is 15.7 Å². The number of phenolic OH excluding ortho intramolecular Hbond substituents is 2. The summed E-state index contributed by atoms with van der Waals surface area (Å²) in [6.07, 6.45) is 0. The number of phenols is 2. The van der Waals surface area contributed by atoms with Crippen molar-refractivity contribution in [1.82, 2.24) is 0 Å². The Kier molecular flexibility index (Phi) is 26.4. The zero-order chi connectivity index (χ0) is 52.4. The molecule has 2 amide bonds. The van der Waals surface area contributed by atoms with Gasteiger partial charge in [-0.3, -0.25) is 19.7 Å². The van der Waals surface area contributed by atoms with E-state index in [-0.39, 0.29) is 215 Å². The summed E-state index contributed by atoms with van der Waals surface area (Å²) in [6, 6.07) is 17.2. The second-order valence-electron chi connectivity index (χ2n) is 14.6. The van der Waals surface area contributed by atoms with Crippen molar-refractivity contribution in [1.29, 1.82) is 0 Å². The largest absolute Gasteiger partial charge is 1.00 e. The number of hydrogen-bond donors (Lipinski definition) is 4. The average molecular weight is 1230 g/mol. The fourth-order valence-corrected chi connectivity index (χ4v) is 9.70. The maximum atomic E-state index is 13.5. The molecule has 4 N–H and O–H groups in total. The van der Waals surface area contributed by atoms with Crippen molar-refractivity contribution < 1.29 is 193 Å². The molecule has 0 aliphatic carbocycles. The Balaban J connectivity index is 0.00000380. The molecule has 7 aromatic rings. The van der Waals surface area contributed by atoms with Crippen molar-refractivity contribution in [3.63, 3.8) is 0 Å². The van der Waals surface area contributed by atoms with Crippen molar-refractivity contribution in [2.45, 2.75) is 33.4 Å². The zero-order valence-corrected chi connectivity index (χ0v) is 53.9. The summed E-state index contributed by atoms with van der Waals surface area (Å²) in [7, 11) is -10.6. The predicted molar refractivity (Wildman–Crippen MR) is 256 cm³/mol. The first-order chi connectivity index (χ1) is 34.0. The molecule has 7 aromatic carbocycles. The van der Waals surface area contributed by atoms with E-state index in [4.69, 9.17) is 46.4 Å². The summed E-state index contributed by atoms with van der Waals surface area (Å²) in [5.74, 6) is -3.49. The molecule has 374 valence electrons. The Hall–Kier alpha value is -1.76. The van der Waals surface area contributed by atoms with Crippen LogP contribution in [-0.2, 0) is 39.0 Å². The van der Waals surface area contributed by atoms with E-state index in [0.29, 0.717) is 17.6 Å². The molecule has 76 heavy (non-hydrogen) atoms. The molecule has 0 atom stereocenters. The first kappa shape index (κ1) is 68.5. The predicted octanol–water partition coefficient (Wildman–Crippen LogP) is -1.74. The number of carbonyl (C=O) groups is 2. The molecule has 0 radical (unpaired) electrons. The van der Waals surface area contributed by atoms with Gasteiger partial charge in [-0.25, -0.2) is 16.8 Å². The number of aromatic hydroxyl groups is 2. The van der Waals surface area contributed by atoms with E-state index >= 15 is 0 Å². The Labute approximate surface area is 547 Å². The van der Waals surface area contributed by atoms with Crippen LogP contribution in [0, 0.1) is 13.8 Å². The molecule has 0 aliphatic heterocycles. The summed E-state index contributed by atoms with van der Waals surface area (Å²) >= 11 is 25.2. The van der Waals surface area contributed by atoms with Crippen LogP contribution in [0.1, 0.15) is 31.8 Å². The first-order valence-corrected chi connectivity index (χ1v) is 25.1. The minimum absolute atomic E-state index is 0. The van der Waals surface area contributed by atoms with Crippen LogP contribution in [0.2, 0.25) is 20.1 Å². The Bertz CT molecular complexity index is 3710. The molecule has 0 spiro atoms. The maximum absolute atomic E-state index is 13.5. The molecule has 0 aliphatic rings. The third-order valence-corrected chi connectivity index (χ3v) is 14.5. The molecular weight excluding hydrogens is 1210 g/mol. The number of fused-ring (bicyclic) bond motifs is 2. The second-order valence-corrected chi connectivity index (χ2v) is 20.4. The quantitative estimate of drug-likeness (QED) is 0.0208. The van der Waals surface area contributed by atoms with Gasteiger partial charge in [-0.2, -0.15) is 18.9 Å². The van der Waals surface area contributed by atoms with E-state index in [0.717, 1.165) is 24.3 Å². The SMILES string of the molecule is Cc1cc(N=Nc2c(S(=O)(=O)[O-])cc3cc(SOO[O-])cc(NC(=O)c4cccc(Cl)c4Cl)c3c2O)c(C)cc1N=Nc1c(SOO[O-])cc2cc(S(=O)(=O)[O-])cc(NC(=O)c3cccc(Cl)c3Cl)c2c1O.[Na+].[Na+].[Na+].[Na+]. The molecule has 0 bridgehead atoms. The van der Waals surface area contributed by atoms with Gasteiger partial charge in [-0.15, -0.1) is 10.2 Å². The molecule has 7 rings (SSSR count). The van der Waals surface area contributed by atoms with Gasteiger partial charge in [0.25, 0.3) is 11.8 Å². The molecule has 0 aromatic heterocycles. The van der Waals surface area contributed by atoms with E-state index in [2.05, 4.69) is 49.8 Å². The Morgan fingerprint density at radius 3 is 1.54 bits per heavy atom. The van der Waals surface area contributed by atoms with E-state index in [9.17, 15) is 56.3 Å². The van der Waals surface area contributed by atoms with Gasteiger partial charge in [0.15, 0.2) is 11.5 Å². The van der Waals surface area contributed by atoms with Gasteiger partial charge >= 0.3 is 118 Å². The number of nitrogens with one attached hydrogen (secondary N) is 2. The molecule has 0 fully saturated rings. The van der Waals surface area contributed by atoms with Crippen LogP contribution >= 0.6 is 70.5 Å². The van der Waals surface area contributed by atoms with Crippen LogP contribution < -0.4 is 139 Å². The number of amides is 2. The van der Waals surface area contributed by atoms with Gasteiger partial charge in [0.1, 0.15) is 31.6 Å². The van der Waals surface area contributed by atoms with E-state index in [1.165, 1.54) is 74.5 Å². The topological polar surface area (TPSA) is 346 Å². The van der Waals surface area contributed by atoms with Gasteiger partial charge in [-0.05, 0) is 109 Å².